The summed E-state index contributed by atoms with van der Waals surface area (Å²) in [5, 5.41) is 8.18. The molecule has 204 valence electrons. The van der Waals surface area contributed by atoms with Crippen molar-refractivity contribution in [3.8, 4) is 5.69 Å². The van der Waals surface area contributed by atoms with Crippen molar-refractivity contribution in [3.63, 3.8) is 0 Å². The van der Waals surface area contributed by atoms with Gasteiger partial charge in [-0.15, -0.1) is 10.2 Å². The van der Waals surface area contributed by atoms with Crippen LogP contribution < -0.4 is 5.69 Å². The third-order valence-electron chi connectivity index (χ3n) is 8.93. The Morgan fingerprint density at radius 1 is 1.15 bits per heavy atom. The molecule has 8 nitrogen and oxygen atoms in total. The minimum atomic E-state index is -4.60. The van der Waals surface area contributed by atoms with E-state index in [1.54, 1.807) is 18.6 Å². The van der Waals surface area contributed by atoms with Crippen LogP contribution in [0.1, 0.15) is 41.9 Å². The van der Waals surface area contributed by atoms with Crippen LogP contribution in [0.4, 0.5) is 13.2 Å². The molecule has 0 spiro atoms. The third-order valence-corrected chi connectivity index (χ3v) is 8.93. The molecule has 2 saturated heterocycles. The molecule has 0 amide bonds. The molecule has 3 fully saturated rings. The Bertz CT molecular complexity index is 1620. The van der Waals surface area contributed by atoms with E-state index in [0.717, 1.165) is 28.9 Å². The second-order valence-electron chi connectivity index (χ2n) is 11.5. The largest absolute Gasteiger partial charge is 0.418 e. The van der Waals surface area contributed by atoms with Crippen molar-refractivity contribution in [1.29, 1.82) is 0 Å². The number of hydrogen-bond donors (Lipinski definition) is 0. The van der Waals surface area contributed by atoms with Crippen molar-refractivity contribution in [2.24, 2.45) is 18.9 Å². The first-order chi connectivity index (χ1) is 18.6. The Morgan fingerprint density at radius 2 is 1.92 bits per heavy atom. The molecule has 5 heterocycles. The molecule has 1 aromatic carbocycles. The lowest BCUT2D eigenvalue weighted by atomic mass is 9.75. The molecule has 7 rings (SSSR count). The Morgan fingerprint density at radius 3 is 2.56 bits per heavy atom. The summed E-state index contributed by atoms with van der Waals surface area (Å²) in [6.45, 7) is 4.68. The summed E-state index contributed by atoms with van der Waals surface area (Å²) in [4.78, 5) is 15.8. The number of hydrogen-bond acceptors (Lipinski definition) is 5. The maximum atomic E-state index is 14.3. The smallest absolute Gasteiger partial charge is 0.379 e. The average Bonchev–Trinajstić information content (AvgIpc) is 3.16. The quantitative estimate of drug-likeness (QED) is 0.374. The average molecular weight is 539 g/mol. The van der Waals surface area contributed by atoms with E-state index in [1.807, 2.05) is 36.7 Å². The maximum absolute atomic E-state index is 14.3. The lowest BCUT2D eigenvalue weighted by molar-refractivity contribution is -0.136. The number of aromatic nitrogens is 5. The number of nitrogens with zero attached hydrogens (tertiary/aromatic N) is 6. The highest BCUT2D eigenvalue weighted by atomic mass is 19.4. The first-order valence-corrected chi connectivity index (χ1v) is 13.2. The van der Waals surface area contributed by atoms with Gasteiger partial charge >= 0.3 is 11.9 Å². The van der Waals surface area contributed by atoms with Gasteiger partial charge in [0.15, 0.2) is 0 Å². The van der Waals surface area contributed by atoms with Gasteiger partial charge in [-0.2, -0.15) is 13.2 Å². The van der Waals surface area contributed by atoms with Crippen LogP contribution in [0.2, 0.25) is 0 Å². The highest BCUT2D eigenvalue weighted by Crippen LogP contribution is 2.47. The van der Waals surface area contributed by atoms with E-state index in [4.69, 9.17) is 4.74 Å². The van der Waals surface area contributed by atoms with Gasteiger partial charge in [-0.1, -0.05) is 12.1 Å². The Hall–Kier alpha value is -3.44. The normalized spacial score (nSPS) is 23.1. The fraction of sp³-hybridized carbons (Fsp3) is 0.464. The Kier molecular flexibility index (Phi) is 5.38. The summed E-state index contributed by atoms with van der Waals surface area (Å²) in [6, 6.07) is 8.41. The molecule has 3 aromatic heterocycles. The predicted octanol–water partition coefficient (Wildman–Crippen LogP) is 3.76. The number of halogens is 3. The van der Waals surface area contributed by atoms with Gasteiger partial charge in [0.25, 0.3) is 0 Å². The van der Waals surface area contributed by atoms with Crippen molar-refractivity contribution >= 4 is 5.52 Å². The van der Waals surface area contributed by atoms with Crippen LogP contribution in [0, 0.1) is 11.8 Å². The van der Waals surface area contributed by atoms with E-state index in [2.05, 4.69) is 15.1 Å². The van der Waals surface area contributed by atoms with E-state index < -0.39 is 17.4 Å². The van der Waals surface area contributed by atoms with Crippen molar-refractivity contribution in [1.82, 2.24) is 28.6 Å². The summed E-state index contributed by atoms with van der Waals surface area (Å²) >= 11 is 0. The van der Waals surface area contributed by atoms with Gasteiger partial charge in [0.2, 0.25) is 0 Å². The van der Waals surface area contributed by atoms with Crippen LogP contribution in [0.3, 0.4) is 0 Å². The van der Waals surface area contributed by atoms with Gasteiger partial charge in [0.1, 0.15) is 12.2 Å². The molecule has 3 atom stereocenters. The molecule has 1 aliphatic carbocycles. The number of likely N-dealkylation sites (tertiary alicyclic amines) is 1. The SMILES string of the molecule is C[C@H](c1cc(C(F)(F)F)c2cn(-c3cccc(C4(Cc5nncn5C)COC4)c3)c(=O)n2c1)N1CC2CC2C1. The second kappa shape index (κ2) is 8.53. The van der Waals surface area contributed by atoms with E-state index in [9.17, 15) is 18.0 Å². The standard InChI is InChI=1S/C28H29F3N6O2/c1-17(35-10-19-6-20(19)11-35)18-7-23(28(29,30)31)24-13-36(26(38)37(24)12-18)22-5-3-4-21(8-22)27(14-39-15-27)9-25-33-32-16-34(25)2/h3-5,7-8,12-13,16-17,19-20H,6,9-11,14-15H2,1-2H3/t17-,19?,20?/m1/s1. The molecule has 11 heteroatoms. The number of alkyl halides is 3. The number of benzene rings is 1. The molecule has 3 aliphatic rings. The first kappa shape index (κ1) is 24.6. The van der Waals surface area contributed by atoms with Gasteiger partial charge < -0.3 is 9.30 Å². The lowest BCUT2D eigenvalue weighted by Gasteiger charge is -2.41. The van der Waals surface area contributed by atoms with Crippen LogP contribution in [-0.2, 0) is 29.8 Å². The predicted molar refractivity (Wildman–Crippen MR) is 137 cm³/mol. The maximum Gasteiger partial charge on any atom is 0.418 e. The van der Waals surface area contributed by atoms with Gasteiger partial charge in [-0.25, -0.2) is 4.79 Å². The summed E-state index contributed by atoms with van der Waals surface area (Å²) in [6.07, 6.45) is 1.73. The topological polar surface area (TPSA) is 69.6 Å². The van der Waals surface area contributed by atoms with E-state index in [-0.39, 0.29) is 17.0 Å². The Labute approximate surface area is 222 Å². The zero-order valence-electron chi connectivity index (χ0n) is 21.7. The highest BCUT2D eigenvalue weighted by molar-refractivity contribution is 5.58. The highest BCUT2D eigenvalue weighted by Gasteiger charge is 2.46. The molecule has 0 N–H and O–H groups in total. The van der Waals surface area contributed by atoms with Crippen molar-refractivity contribution in [3.05, 3.63) is 82.1 Å². The van der Waals surface area contributed by atoms with Crippen LogP contribution in [0.5, 0.6) is 0 Å². The van der Waals surface area contributed by atoms with Crippen LogP contribution in [0.15, 0.2) is 53.8 Å². The number of piperidine rings is 1. The van der Waals surface area contributed by atoms with E-state index >= 15 is 0 Å². The Balaban J connectivity index is 1.30. The van der Waals surface area contributed by atoms with Crippen LogP contribution in [0.25, 0.3) is 11.2 Å². The summed E-state index contributed by atoms with van der Waals surface area (Å²) < 4.78 is 52.7. The number of imidazole rings is 1. The van der Waals surface area contributed by atoms with E-state index in [1.165, 1.54) is 23.3 Å². The number of aryl methyl sites for hydroxylation is 1. The molecule has 2 unspecified atom stereocenters. The van der Waals surface area contributed by atoms with Gasteiger partial charge in [-0.05, 0) is 54.5 Å². The van der Waals surface area contributed by atoms with Crippen molar-refractivity contribution in [2.75, 3.05) is 26.3 Å². The zero-order valence-corrected chi connectivity index (χ0v) is 21.7. The van der Waals surface area contributed by atoms with E-state index in [0.29, 0.717) is 42.7 Å². The molecule has 4 aromatic rings. The fourth-order valence-electron chi connectivity index (χ4n) is 6.29. The van der Waals surface area contributed by atoms with Crippen molar-refractivity contribution < 1.29 is 17.9 Å². The lowest BCUT2D eigenvalue weighted by Crippen LogP contribution is -2.49. The van der Waals surface area contributed by atoms with Gasteiger partial charge in [0.05, 0.1) is 30.0 Å². The molecule has 2 aliphatic heterocycles. The fourth-order valence-corrected chi connectivity index (χ4v) is 6.29. The number of rotatable bonds is 6. The minimum Gasteiger partial charge on any atom is -0.379 e. The minimum absolute atomic E-state index is 0.154. The molecular weight excluding hydrogens is 509 g/mol. The zero-order chi connectivity index (χ0) is 27.1. The summed E-state index contributed by atoms with van der Waals surface area (Å²) in [5.74, 6) is 2.13. The number of fused-ring (bicyclic) bond motifs is 2. The molecule has 0 radical (unpaired) electrons. The number of ether oxygens (including phenoxy) is 1. The monoisotopic (exact) mass is 538 g/mol. The summed E-state index contributed by atoms with van der Waals surface area (Å²) in [7, 11) is 1.88. The second-order valence-corrected chi connectivity index (χ2v) is 11.5. The van der Waals surface area contributed by atoms with Crippen LogP contribution >= 0.6 is 0 Å². The summed E-state index contributed by atoms with van der Waals surface area (Å²) in [5.41, 5.74) is 0.114. The molecule has 1 saturated carbocycles. The van der Waals surface area contributed by atoms with Crippen LogP contribution in [-0.4, -0.2) is 54.9 Å². The van der Waals surface area contributed by atoms with Crippen molar-refractivity contribution in [2.45, 2.75) is 37.4 Å². The molecule has 0 bridgehead atoms. The number of pyridine rings is 1. The third kappa shape index (κ3) is 4.01. The molecular formula is C28H29F3N6O2. The molecule has 39 heavy (non-hydrogen) atoms. The first-order valence-electron chi connectivity index (χ1n) is 13.2. The van der Waals surface area contributed by atoms with Gasteiger partial charge in [-0.3, -0.25) is 13.9 Å². The van der Waals surface area contributed by atoms with Gasteiger partial charge in [0, 0.05) is 50.4 Å².